The number of aromatic hydroxyl groups is 1. The number of phenols is 1. The zero-order valence-corrected chi connectivity index (χ0v) is 17.0. The molecular formula is C20H26BFO5S. The van der Waals surface area contributed by atoms with Crippen molar-refractivity contribution in [3.63, 3.8) is 0 Å². The molecule has 0 radical (unpaired) electrons. The lowest BCUT2D eigenvalue weighted by molar-refractivity contribution is 0.169. The molecule has 0 bridgehead atoms. The van der Waals surface area contributed by atoms with Crippen LogP contribution < -0.4 is 0 Å². The summed E-state index contributed by atoms with van der Waals surface area (Å²) in [6.45, 7) is 3.93. The molecule has 2 N–H and O–H groups in total. The fourth-order valence-corrected chi connectivity index (χ4v) is 6.29. The van der Waals surface area contributed by atoms with Gasteiger partial charge in [0, 0.05) is 6.32 Å². The van der Waals surface area contributed by atoms with Crippen molar-refractivity contribution in [1.29, 1.82) is 0 Å². The molecule has 5 nitrogen and oxygen atoms in total. The minimum Gasteiger partial charge on any atom is -0.505 e. The Morgan fingerprint density at radius 1 is 1.43 bits per heavy atom. The van der Waals surface area contributed by atoms with Crippen LogP contribution in [0, 0.1) is 5.82 Å². The van der Waals surface area contributed by atoms with Crippen LogP contribution in [0.2, 0.25) is 6.32 Å². The van der Waals surface area contributed by atoms with Gasteiger partial charge in [0.2, 0.25) is 0 Å². The Kier molecular flexibility index (Phi) is 6.32. The van der Waals surface area contributed by atoms with Crippen molar-refractivity contribution in [2.75, 3.05) is 5.75 Å². The third-order valence-electron chi connectivity index (χ3n) is 5.39. The van der Waals surface area contributed by atoms with Crippen molar-refractivity contribution in [2.24, 2.45) is 0 Å². The second kappa shape index (κ2) is 8.39. The Balaban J connectivity index is 1.77. The van der Waals surface area contributed by atoms with Gasteiger partial charge in [-0.2, -0.15) is 0 Å². The molecule has 0 saturated carbocycles. The average molecular weight is 408 g/mol. The molecule has 2 aliphatic rings. The van der Waals surface area contributed by atoms with E-state index in [9.17, 15) is 22.9 Å². The Hall–Kier alpha value is -1.64. The van der Waals surface area contributed by atoms with Crippen LogP contribution in [0.5, 0.6) is 5.75 Å². The zero-order chi connectivity index (χ0) is 20.5. The molecule has 0 spiro atoms. The molecule has 3 rings (SSSR count). The highest BCUT2D eigenvalue weighted by Crippen LogP contribution is 2.40. The lowest BCUT2D eigenvalue weighted by atomic mass is 9.74. The van der Waals surface area contributed by atoms with Crippen molar-refractivity contribution >= 4 is 23.0 Å². The van der Waals surface area contributed by atoms with Crippen LogP contribution in [0.15, 0.2) is 34.9 Å². The second-order valence-corrected chi connectivity index (χ2v) is 9.84. The summed E-state index contributed by atoms with van der Waals surface area (Å²) >= 11 is 0. The molecule has 1 saturated heterocycles. The minimum absolute atomic E-state index is 0.0645. The van der Waals surface area contributed by atoms with E-state index in [0.717, 1.165) is 29.6 Å². The lowest BCUT2D eigenvalue weighted by Crippen LogP contribution is -2.41. The van der Waals surface area contributed by atoms with E-state index in [1.54, 1.807) is 6.07 Å². The molecular weight excluding hydrogens is 382 g/mol. The predicted octanol–water partition coefficient (Wildman–Crippen LogP) is 3.49. The number of benzene rings is 1. The largest absolute Gasteiger partial charge is 0.505 e. The standard InChI is InChI=1S/C20H26BFO5S/c1-3-4-15-12-28(25,26)19-11-21(24)27-18(20(15)19)8-5-13(2)9-14-6-7-17(23)16(22)10-14/h6-7,9-10,18-19,23-24H,3-5,8,11-12H2,1-2H3/b13-9+/t18-,19+/m1/s1. The second-order valence-electron chi connectivity index (χ2n) is 7.66. The number of halogens is 1. The van der Waals surface area contributed by atoms with E-state index in [-0.39, 0.29) is 17.8 Å². The van der Waals surface area contributed by atoms with Gasteiger partial charge in [-0.3, -0.25) is 0 Å². The van der Waals surface area contributed by atoms with Crippen LogP contribution >= 0.6 is 0 Å². The molecule has 1 aromatic rings. The Morgan fingerprint density at radius 3 is 2.86 bits per heavy atom. The van der Waals surface area contributed by atoms with E-state index in [2.05, 4.69) is 0 Å². The third-order valence-corrected chi connectivity index (χ3v) is 7.45. The quantitative estimate of drug-likeness (QED) is 0.556. The molecule has 152 valence electrons. The number of fused-ring (bicyclic) bond motifs is 1. The summed E-state index contributed by atoms with van der Waals surface area (Å²) in [6, 6.07) is 4.20. The number of allylic oxidation sites excluding steroid dienone is 1. The molecule has 28 heavy (non-hydrogen) atoms. The molecule has 1 fully saturated rings. The molecule has 2 heterocycles. The number of hydrogen-bond donors (Lipinski definition) is 2. The maximum Gasteiger partial charge on any atom is 0.456 e. The van der Waals surface area contributed by atoms with Crippen molar-refractivity contribution in [2.45, 2.75) is 57.2 Å². The average Bonchev–Trinajstić information content (AvgIpc) is 2.87. The number of sulfone groups is 1. The van der Waals surface area contributed by atoms with E-state index in [0.29, 0.717) is 18.4 Å². The number of phenolic OH excluding ortho intramolecular Hbond substituents is 1. The van der Waals surface area contributed by atoms with Gasteiger partial charge in [-0.15, -0.1) is 0 Å². The summed E-state index contributed by atoms with van der Waals surface area (Å²) in [5.41, 5.74) is 3.40. The van der Waals surface area contributed by atoms with Crippen molar-refractivity contribution < 1.29 is 27.6 Å². The first kappa shape index (κ1) is 21.1. The van der Waals surface area contributed by atoms with Gasteiger partial charge in [0.1, 0.15) is 0 Å². The number of hydrogen-bond acceptors (Lipinski definition) is 5. The smallest absolute Gasteiger partial charge is 0.456 e. The zero-order valence-electron chi connectivity index (χ0n) is 16.2. The van der Waals surface area contributed by atoms with Gasteiger partial charge in [0.15, 0.2) is 21.4 Å². The van der Waals surface area contributed by atoms with Crippen LogP contribution in [0.4, 0.5) is 4.39 Å². The molecule has 2 atom stereocenters. The van der Waals surface area contributed by atoms with Gasteiger partial charge in [-0.1, -0.05) is 36.6 Å². The molecule has 1 aromatic carbocycles. The maximum absolute atomic E-state index is 13.5. The highest BCUT2D eigenvalue weighted by Gasteiger charge is 2.48. The van der Waals surface area contributed by atoms with E-state index >= 15 is 0 Å². The molecule has 8 heteroatoms. The van der Waals surface area contributed by atoms with Crippen molar-refractivity contribution in [3.8, 4) is 5.75 Å². The molecule has 2 aliphatic heterocycles. The Morgan fingerprint density at radius 2 is 2.18 bits per heavy atom. The lowest BCUT2D eigenvalue weighted by Gasteiger charge is -2.32. The molecule has 0 aromatic heterocycles. The predicted molar refractivity (Wildman–Crippen MR) is 108 cm³/mol. The van der Waals surface area contributed by atoms with Crippen LogP contribution in [-0.4, -0.2) is 42.8 Å². The van der Waals surface area contributed by atoms with Gasteiger partial charge >= 0.3 is 7.12 Å². The SMILES string of the molecule is CCCC1=C2[C@@H](CC/C(C)=C/c3ccc(O)c(F)c3)OB(O)C[C@@H]2S(=O)(=O)C1. The van der Waals surface area contributed by atoms with Crippen LogP contribution in [0.1, 0.15) is 45.1 Å². The van der Waals surface area contributed by atoms with Gasteiger partial charge in [0.05, 0.1) is 17.1 Å². The Labute approximate surface area is 166 Å². The molecule has 0 amide bonds. The third kappa shape index (κ3) is 4.50. The van der Waals surface area contributed by atoms with Gasteiger partial charge in [-0.05, 0) is 49.5 Å². The summed E-state index contributed by atoms with van der Waals surface area (Å²) in [5, 5.41) is 18.7. The maximum atomic E-state index is 13.5. The minimum atomic E-state index is -3.27. The van der Waals surface area contributed by atoms with Gasteiger partial charge in [0.25, 0.3) is 0 Å². The highest BCUT2D eigenvalue weighted by atomic mass is 32.2. The topological polar surface area (TPSA) is 83.8 Å². The van der Waals surface area contributed by atoms with E-state index in [1.807, 2.05) is 19.9 Å². The highest BCUT2D eigenvalue weighted by molar-refractivity contribution is 7.92. The Bertz CT molecular complexity index is 909. The summed E-state index contributed by atoms with van der Waals surface area (Å²) in [4.78, 5) is 0. The van der Waals surface area contributed by atoms with Gasteiger partial charge < -0.3 is 14.8 Å². The van der Waals surface area contributed by atoms with E-state index in [1.165, 1.54) is 12.1 Å². The number of rotatable bonds is 6. The summed E-state index contributed by atoms with van der Waals surface area (Å²) < 4.78 is 44.3. The summed E-state index contributed by atoms with van der Waals surface area (Å²) in [6.07, 6.45) is 4.26. The van der Waals surface area contributed by atoms with Gasteiger partial charge in [-0.25, -0.2) is 12.8 Å². The first-order valence-electron chi connectivity index (χ1n) is 9.64. The van der Waals surface area contributed by atoms with E-state index in [4.69, 9.17) is 4.65 Å². The summed E-state index contributed by atoms with van der Waals surface area (Å²) in [5.74, 6) is -0.994. The van der Waals surface area contributed by atoms with Crippen LogP contribution in [0.25, 0.3) is 6.08 Å². The summed E-state index contributed by atoms with van der Waals surface area (Å²) in [7, 11) is -4.35. The fourth-order valence-electron chi connectivity index (χ4n) is 4.13. The first-order valence-corrected chi connectivity index (χ1v) is 11.4. The monoisotopic (exact) mass is 408 g/mol. The normalized spacial score (nSPS) is 24.6. The molecule has 0 aliphatic carbocycles. The molecule has 0 unspecified atom stereocenters. The van der Waals surface area contributed by atoms with Crippen LogP contribution in [-0.2, 0) is 14.5 Å². The van der Waals surface area contributed by atoms with Crippen molar-refractivity contribution in [3.05, 3.63) is 46.3 Å². The fraction of sp³-hybridized carbons (Fsp3) is 0.500. The van der Waals surface area contributed by atoms with E-state index < -0.39 is 34.1 Å². The first-order chi connectivity index (χ1) is 13.2. The van der Waals surface area contributed by atoms with Crippen molar-refractivity contribution in [1.82, 2.24) is 0 Å². The van der Waals surface area contributed by atoms with Crippen LogP contribution in [0.3, 0.4) is 0 Å².